The first-order valence-electron chi connectivity index (χ1n) is 6.84. The van der Waals surface area contributed by atoms with Crippen LogP contribution in [0.5, 0.6) is 0 Å². The van der Waals surface area contributed by atoms with Crippen molar-refractivity contribution in [3.63, 3.8) is 0 Å². The van der Waals surface area contributed by atoms with Gasteiger partial charge in [-0.1, -0.05) is 19.4 Å². The molecule has 0 aromatic heterocycles. The number of nitrogens with zero attached hydrogens (tertiary/aromatic N) is 1. The highest BCUT2D eigenvalue weighted by molar-refractivity contribution is 5.95. The third-order valence-electron chi connectivity index (χ3n) is 3.33. The highest BCUT2D eigenvalue weighted by Crippen LogP contribution is 2.13. The lowest BCUT2D eigenvalue weighted by Gasteiger charge is -2.16. The van der Waals surface area contributed by atoms with Gasteiger partial charge in [0.1, 0.15) is 0 Å². The van der Waals surface area contributed by atoms with Crippen molar-refractivity contribution in [2.45, 2.75) is 19.8 Å². The third-order valence-corrected chi connectivity index (χ3v) is 3.33. The van der Waals surface area contributed by atoms with Crippen LogP contribution >= 0.6 is 0 Å². The van der Waals surface area contributed by atoms with E-state index in [0.29, 0.717) is 24.6 Å². The molecular formula is C15H25N3O. The van der Waals surface area contributed by atoms with E-state index in [1.165, 1.54) is 0 Å². The zero-order valence-corrected chi connectivity index (χ0v) is 12.1. The Morgan fingerprint density at radius 2 is 2.16 bits per heavy atom. The monoisotopic (exact) mass is 263 g/mol. The molecule has 0 spiro atoms. The van der Waals surface area contributed by atoms with Gasteiger partial charge in [0, 0.05) is 31.9 Å². The maximum Gasteiger partial charge on any atom is 0.251 e. The molecule has 0 aliphatic heterocycles. The van der Waals surface area contributed by atoms with Crippen molar-refractivity contribution in [3.8, 4) is 0 Å². The molecule has 1 aromatic carbocycles. The van der Waals surface area contributed by atoms with E-state index in [1.807, 2.05) is 43.3 Å². The topological polar surface area (TPSA) is 58.4 Å². The molecule has 0 bridgehead atoms. The number of benzene rings is 1. The highest BCUT2D eigenvalue weighted by atomic mass is 16.1. The van der Waals surface area contributed by atoms with Crippen LogP contribution in [0.2, 0.25) is 0 Å². The number of anilines is 1. The summed E-state index contributed by atoms with van der Waals surface area (Å²) in [6, 6.07) is 7.63. The minimum atomic E-state index is -0.0147. The van der Waals surface area contributed by atoms with Gasteiger partial charge >= 0.3 is 0 Å². The van der Waals surface area contributed by atoms with Crippen LogP contribution in [0, 0.1) is 5.92 Å². The molecule has 1 amide bonds. The molecule has 1 unspecified atom stereocenters. The van der Waals surface area contributed by atoms with Crippen LogP contribution in [0.25, 0.3) is 0 Å². The summed E-state index contributed by atoms with van der Waals surface area (Å²) in [7, 11) is 3.93. The maximum absolute atomic E-state index is 12.1. The summed E-state index contributed by atoms with van der Waals surface area (Å²) in [6.45, 7) is 3.49. The molecule has 4 heteroatoms. The molecule has 3 N–H and O–H groups in total. The summed E-state index contributed by atoms with van der Waals surface area (Å²) in [5.41, 5.74) is 7.29. The number of hydrogen-bond acceptors (Lipinski definition) is 3. The number of carbonyl (C=O) groups is 1. The predicted octanol–water partition coefficient (Wildman–Crippen LogP) is 1.86. The first-order valence-corrected chi connectivity index (χ1v) is 6.84. The van der Waals surface area contributed by atoms with Crippen LogP contribution in [-0.4, -0.2) is 33.1 Å². The van der Waals surface area contributed by atoms with Gasteiger partial charge in [0.15, 0.2) is 0 Å². The Labute approximate surface area is 116 Å². The molecule has 4 nitrogen and oxygen atoms in total. The van der Waals surface area contributed by atoms with Gasteiger partial charge in [-0.25, -0.2) is 0 Å². The molecule has 0 radical (unpaired) electrons. The van der Waals surface area contributed by atoms with E-state index >= 15 is 0 Å². The second kappa shape index (κ2) is 7.79. The number of nitrogens with two attached hydrogens (primary N) is 1. The van der Waals surface area contributed by atoms with Gasteiger partial charge in [-0.05, 0) is 37.1 Å². The average molecular weight is 263 g/mol. The second-order valence-corrected chi connectivity index (χ2v) is 5.01. The molecule has 1 rings (SSSR count). The minimum absolute atomic E-state index is 0.0147. The standard InChI is InChI=1S/C15H25N3O/c1-4-12(8-9-16)11-17-15(19)13-6-5-7-14(10-13)18(2)3/h5-7,10,12H,4,8-9,11,16H2,1-3H3,(H,17,19). The van der Waals surface area contributed by atoms with E-state index in [-0.39, 0.29) is 5.91 Å². The maximum atomic E-state index is 12.1. The van der Waals surface area contributed by atoms with Crippen LogP contribution in [0.3, 0.4) is 0 Å². The van der Waals surface area contributed by atoms with Gasteiger partial charge in [-0.2, -0.15) is 0 Å². The van der Waals surface area contributed by atoms with Crippen LogP contribution in [0.4, 0.5) is 5.69 Å². The van der Waals surface area contributed by atoms with Crippen molar-refractivity contribution >= 4 is 11.6 Å². The van der Waals surface area contributed by atoms with Gasteiger partial charge < -0.3 is 16.0 Å². The van der Waals surface area contributed by atoms with Gasteiger partial charge in [0.05, 0.1) is 0 Å². The van der Waals surface area contributed by atoms with Crippen molar-refractivity contribution in [2.75, 3.05) is 32.1 Å². The largest absolute Gasteiger partial charge is 0.378 e. The Balaban J connectivity index is 2.60. The van der Waals surface area contributed by atoms with Crippen LogP contribution < -0.4 is 16.0 Å². The van der Waals surface area contributed by atoms with E-state index in [4.69, 9.17) is 5.73 Å². The summed E-state index contributed by atoms with van der Waals surface area (Å²) in [4.78, 5) is 14.1. The summed E-state index contributed by atoms with van der Waals surface area (Å²) < 4.78 is 0. The van der Waals surface area contributed by atoms with Crippen molar-refractivity contribution in [2.24, 2.45) is 11.7 Å². The lowest BCUT2D eigenvalue weighted by atomic mass is 10.0. The summed E-state index contributed by atoms with van der Waals surface area (Å²) in [5, 5.41) is 2.99. The molecule has 0 fully saturated rings. The Bertz CT molecular complexity index is 404. The lowest BCUT2D eigenvalue weighted by molar-refractivity contribution is 0.0946. The predicted molar refractivity (Wildman–Crippen MR) is 80.6 cm³/mol. The molecule has 0 aliphatic carbocycles. The first kappa shape index (κ1) is 15.5. The van der Waals surface area contributed by atoms with Gasteiger partial charge in [0.25, 0.3) is 5.91 Å². The molecule has 1 atom stereocenters. The van der Waals surface area contributed by atoms with Crippen molar-refractivity contribution in [1.29, 1.82) is 0 Å². The van der Waals surface area contributed by atoms with E-state index in [0.717, 1.165) is 18.5 Å². The normalized spacial score (nSPS) is 12.0. The van der Waals surface area contributed by atoms with Gasteiger partial charge in [-0.15, -0.1) is 0 Å². The smallest absolute Gasteiger partial charge is 0.251 e. The van der Waals surface area contributed by atoms with Crippen molar-refractivity contribution in [3.05, 3.63) is 29.8 Å². The van der Waals surface area contributed by atoms with Crippen molar-refractivity contribution in [1.82, 2.24) is 5.32 Å². The number of carbonyl (C=O) groups excluding carboxylic acids is 1. The molecular weight excluding hydrogens is 238 g/mol. The molecule has 106 valence electrons. The van der Waals surface area contributed by atoms with Gasteiger partial charge in [-0.3, -0.25) is 4.79 Å². The molecule has 0 saturated carbocycles. The summed E-state index contributed by atoms with van der Waals surface area (Å²) >= 11 is 0. The van der Waals surface area contributed by atoms with Crippen LogP contribution in [0.1, 0.15) is 30.1 Å². The van der Waals surface area contributed by atoms with Crippen LogP contribution in [-0.2, 0) is 0 Å². The first-order chi connectivity index (χ1) is 9.08. The Hall–Kier alpha value is -1.55. The average Bonchev–Trinajstić information content (AvgIpc) is 2.43. The van der Waals surface area contributed by atoms with E-state index in [2.05, 4.69) is 12.2 Å². The quantitative estimate of drug-likeness (QED) is 0.789. The number of hydrogen-bond donors (Lipinski definition) is 2. The van der Waals surface area contributed by atoms with Crippen LogP contribution in [0.15, 0.2) is 24.3 Å². The number of amides is 1. The molecule has 0 aliphatic rings. The molecule has 0 heterocycles. The van der Waals surface area contributed by atoms with E-state index < -0.39 is 0 Å². The zero-order valence-electron chi connectivity index (χ0n) is 12.1. The highest BCUT2D eigenvalue weighted by Gasteiger charge is 2.10. The molecule has 1 aromatic rings. The molecule has 0 saturated heterocycles. The molecule has 19 heavy (non-hydrogen) atoms. The minimum Gasteiger partial charge on any atom is -0.378 e. The van der Waals surface area contributed by atoms with E-state index in [9.17, 15) is 4.79 Å². The second-order valence-electron chi connectivity index (χ2n) is 5.01. The fraction of sp³-hybridized carbons (Fsp3) is 0.533. The van der Waals surface area contributed by atoms with E-state index in [1.54, 1.807) is 0 Å². The SMILES string of the molecule is CCC(CCN)CNC(=O)c1cccc(N(C)C)c1. The zero-order chi connectivity index (χ0) is 14.3. The Morgan fingerprint density at radius 1 is 1.42 bits per heavy atom. The van der Waals surface area contributed by atoms with Gasteiger partial charge in [0.2, 0.25) is 0 Å². The fourth-order valence-corrected chi connectivity index (χ4v) is 1.95. The third kappa shape index (κ3) is 4.91. The fourth-order valence-electron chi connectivity index (χ4n) is 1.95. The number of rotatable bonds is 7. The Kier molecular flexibility index (Phi) is 6.36. The number of nitrogens with one attached hydrogen (secondary N) is 1. The summed E-state index contributed by atoms with van der Waals surface area (Å²) in [6.07, 6.45) is 1.99. The lowest BCUT2D eigenvalue weighted by Crippen LogP contribution is -2.30. The van der Waals surface area contributed by atoms with Crippen molar-refractivity contribution < 1.29 is 4.79 Å². The Morgan fingerprint density at radius 3 is 2.74 bits per heavy atom. The summed E-state index contributed by atoms with van der Waals surface area (Å²) in [5.74, 6) is 0.449.